The van der Waals surface area contributed by atoms with E-state index in [4.69, 9.17) is 9.47 Å². The molecule has 1 aromatic rings. The van der Waals surface area contributed by atoms with Crippen LogP contribution in [0.2, 0.25) is 0 Å². The van der Waals surface area contributed by atoms with Crippen molar-refractivity contribution in [3.63, 3.8) is 0 Å². The van der Waals surface area contributed by atoms with E-state index in [2.05, 4.69) is 4.98 Å². The van der Waals surface area contributed by atoms with Crippen LogP contribution in [0.1, 0.15) is 62.1 Å². The van der Waals surface area contributed by atoms with E-state index in [9.17, 15) is 9.59 Å². The summed E-state index contributed by atoms with van der Waals surface area (Å²) in [4.78, 5) is 30.0. The number of likely N-dealkylation sites (tertiary alicyclic amines) is 1. The summed E-state index contributed by atoms with van der Waals surface area (Å²) in [5.74, 6) is -0.424. The van der Waals surface area contributed by atoms with Crippen molar-refractivity contribution in [1.82, 2.24) is 9.88 Å². The molecule has 0 radical (unpaired) electrons. The van der Waals surface area contributed by atoms with Gasteiger partial charge in [-0.1, -0.05) is 0 Å². The van der Waals surface area contributed by atoms with Gasteiger partial charge in [0, 0.05) is 11.9 Å². The van der Waals surface area contributed by atoms with Gasteiger partial charge in [0.25, 0.3) is 0 Å². The molecule has 2 heterocycles. The number of ether oxygens (including phenoxy) is 2. The highest BCUT2D eigenvalue weighted by atomic mass is 32.1. The Bertz CT molecular complexity index is 550. The number of carbonyl (C=O) groups is 2. The van der Waals surface area contributed by atoms with Gasteiger partial charge in [0.2, 0.25) is 0 Å². The van der Waals surface area contributed by atoms with Crippen LogP contribution in [0.5, 0.6) is 0 Å². The van der Waals surface area contributed by atoms with Crippen molar-refractivity contribution >= 4 is 23.4 Å². The molecule has 0 N–H and O–H groups in total. The first kappa shape index (κ1) is 16.7. The van der Waals surface area contributed by atoms with Crippen LogP contribution in [0, 0.1) is 0 Å². The predicted octanol–water partition coefficient (Wildman–Crippen LogP) is 3.39. The highest BCUT2D eigenvalue weighted by molar-refractivity contribution is 7.09. The lowest BCUT2D eigenvalue weighted by molar-refractivity contribution is 0.0224. The summed E-state index contributed by atoms with van der Waals surface area (Å²) in [6, 6.07) is -0.122. The van der Waals surface area contributed by atoms with E-state index < -0.39 is 11.6 Å². The Labute approximate surface area is 134 Å². The highest BCUT2D eigenvalue weighted by Gasteiger charge is 2.35. The lowest BCUT2D eigenvalue weighted by Crippen LogP contribution is -2.36. The van der Waals surface area contributed by atoms with Crippen molar-refractivity contribution in [2.45, 2.75) is 52.2 Å². The lowest BCUT2D eigenvalue weighted by Gasteiger charge is -2.27. The molecule has 1 saturated heterocycles. The number of aromatic nitrogens is 1. The van der Waals surface area contributed by atoms with Crippen LogP contribution >= 0.6 is 11.3 Å². The number of amides is 1. The van der Waals surface area contributed by atoms with Crippen LogP contribution in [0.4, 0.5) is 4.79 Å². The van der Waals surface area contributed by atoms with E-state index in [1.54, 1.807) is 17.2 Å². The Hall–Kier alpha value is -1.63. The lowest BCUT2D eigenvalue weighted by atomic mass is 10.2. The number of nitrogens with zero attached hydrogens (tertiary/aromatic N) is 2. The van der Waals surface area contributed by atoms with Crippen LogP contribution < -0.4 is 0 Å². The maximum absolute atomic E-state index is 12.3. The van der Waals surface area contributed by atoms with Crippen LogP contribution in [0.3, 0.4) is 0 Å². The standard InChI is InChI=1S/C15H22N2O4S/c1-5-20-13(18)10-9-22-12(16-10)11-7-6-8-17(11)14(19)21-15(2,3)4/h9,11H,5-8H2,1-4H3/t11-/m1/s1. The van der Waals surface area contributed by atoms with E-state index in [1.807, 2.05) is 20.8 Å². The van der Waals surface area contributed by atoms with Crippen LogP contribution in [-0.2, 0) is 9.47 Å². The summed E-state index contributed by atoms with van der Waals surface area (Å²) in [5, 5.41) is 2.44. The molecule has 1 aromatic heterocycles. The van der Waals surface area contributed by atoms with Gasteiger partial charge in [0.05, 0.1) is 12.6 Å². The summed E-state index contributed by atoms with van der Waals surface area (Å²) in [6.45, 7) is 8.26. The molecule has 0 aliphatic carbocycles. The summed E-state index contributed by atoms with van der Waals surface area (Å²) >= 11 is 1.38. The summed E-state index contributed by atoms with van der Waals surface area (Å²) in [7, 11) is 0. The predicted molar refractivity (Wildman–Crippen MR) is 83.0 cm³/mol. The minimum Gasteiger partial charge on any atom is -0.461 e. The first-order chi connectivity index (χ1) is 10.3. The molecule has 0 aromatic carbocycles. The molecule has 0 unspecified atom stereocenters. The van der Waals surface area contributed by atoms with Crippen molar-refractivity contribution in [3.8, 4) is 0 Å². The van der Waals surface area contributed by atoms with Gasteiger partial charge in [-0.3, -0.25) is 4.90 Å². The third kappa shape index (κ3) is 3.97. The minimum absolute atomic E-state index is 0.122. The fourth-order valence-electron chi connectivity index (χ4n) is 2.30. The molecule has 1 fully saturated rings. The Morgan fingerprint density at radius 2 is 2.18 bits per heavy atom. The molecule has 0 spiro atoms. The van der Waals surface area contributed by atoms with E-state index in [0.717, 1.165) is 17.8 Å². The molecule has 22 heavy (non-hydrogen) atoms. The number of esters is 1. The summed E-state index contributed by atoms with van der Waals surface area (Å²) in [6.07, 6.45) is 1.40. The Balaban J connectivity index is 2.10. The minimum atomic E-state index is -0.525. The number of carbonyl (C=O) groups excluding carboxylic acids is 2. The van der Waals surface area contributed by atoms with Gasteiger partial charge in [-0.25, -0.2) is 14.6 Å². The zero-order chi connectivity index (χ0) is 16.3. The topological polar surface area (TPSA) is 68.7 Å². The third-order valence-corrected chi connectivity index (χ3v) is 4.12. The number of rotatable bonds is 3. The molecule has 122 valence electrons. The van der Waals surface area contributed by atoms with Crippen molar-refractivity contribution < 1.29 is 19.1 Å². The zero-order valence-corrected chi connectivity index (χ0v) is 14.2. The van der Waals surface area contributed by atoms with Gasteiger partial charge in [-0.2, -0.15) is 0 Å². The number of hydrogen-bond acceptors (Lipinski definition) is 6. The van der Waals surface area contributed by atoms with Crippen molar-refractivity contribution in [3.05, 3.63) is 16.1 Å². The van der Waals surface area contributed by atoms with Crippen LogP contribution in [-0.4, -0.2) is 40.7 Å². The fourth-order valence-corrected chi connectivity index (χ4v) is 3.24. The molecule has 6 nitrogen and oxygen atoms in total. The van der Waals surface area contributed by atoms with E-state index in [0.29, 0.717) is 18.8 Å². The number of hydrogen-bond donors (Lipinski definition) is 0. The maximum atomic E-state index is 12.3. The number of thiazole rings is 1. The summed E-state index contributed by atoms with van der Waals surface area (Å²) < 4.78 is 10.4. The van der Waals surface area contributed by atoms with Gasteiger partial charge in [-0.15, -0.1) is 11.3 Å². The zero-order valence-electron chi connectivity index (χ0n) is 13.4. The molecule has 7 heteroatoms. The van der Waals surface area contributed by atoms with Gasteiger partial charge in [-0.05, 0) is 40.5 Å². The molecule has 1 atom stereocenters. The molecular formula is C15H22N2O4S. The van der Waals surface area contributed by atoms with Gasteiger partial charge in [0.15, 0.2) is 5.69 Å². The average Bonchev–Trinajstić information content (AvgIpc) is 3.06. The van der Waals surface area contributed by atoms with Crippen LogP contribution in [0.15, 0.2) is 5.38 Å². The largest absolute Gasteiger partial charge is 0.461 e. The second kappa shape index (κ2) is 6.64. The molecule has 1 amide bonds. The normalized spacial score (nSPS) is 18.4. The molecular weight excluding hydrogens is 304 g/mol. The SMILES string of the molecule is CCOC(=O)c1csc([C@H]2CCCN2C(=O)OC(C)(C)C)n1. The van der Waals surface area contributed by atoms with Gasteiger partial charge >= 0.3 is 12.1 Å². The maximum Gasteiger partial charge on any atom is 0.410 e. The van der Waals surface area contributed by atoms with Gasteiger partial charge < -0.3 is 9.47 Å². The average molecular weight is 326 g/mol. The van der Waals surface area contributed by atoms with Crippen molar-refractivity contribution in [2.24, 2.45) is 0 Å². The smallest absolute Gasteiger partial charge is 0.410 e. The highest BCUT2D eigenvalue weighted by Crippen LogP contribution is 2.34. The third-order valence-electron chi connectivity index (χ3n) is 3.17. The van der Waals surface area contributed by atoms with E-state index in [-0.39, 0.29) is 12.1 Å². The van der Waals surface area contributed by atoms with Crippen molar-refractivity contribution in [2.75, 3.05) is 13.2 Å². The Morgan fingerprint density at radius 3 is 2.82 bits per heavy atom. The fraction of sp³-hybridized carbons (Fsp3) is 0.667. The first-order valence-electron chi connectivity index (χ1n) is 7.44. The molecule has 1 aliphatic heterocycles. The molecule has 0 bridgehead atoms. The van der Waals surface area contributed by atoms with Crippen LogP contribution in [0.25, 0.3) is 0 Å². The van der Waals surface area contributed by atoms with E-state index in [1.165, 1.54) is 11.3 Å². The van der Waals surface area contributed by atoms with Crippen molar-refractivity contribution in [1.29, 1.82) is 0 Å². The second-order valence-corrected chi connectivity index (χ2v) is 7.01. The molecule has 2 rings (SSSR count). The monoisotopic (exact) mass is 326 g/mol. The quantitative estimate of drug-likeness (QED) is 0.796. The summed E-state index contributed by atoms with van der Waals surface area (Å²) in [5.41, 5.74) is -0.221. The molecule has 1 aliphatic rings. The van der Waals surface area contributed by atoms with Gasteiger partial charge in [0.1, 0.15) is 10.6 Å². The Morgan fingerprint density at radius 1 is 1.45 bits per heavy atom. The Kier molecular flexibility index (Phi) is 5.05. The van der Waals surface area contributed by atoms with E-state index >= 15 is 0 Å². The first-order valence-corrected chi connectivity index (χ1v) is 8.32. The molecule has 0 saturated carbocycles. The second-order valence-electron chi connectivity index (χ2n) is 6.12.